The number of nitrogens with zero attached hydrogens (tertiary/aromatic N) is 3. The summed E-state index contributed by atoms with van der Waals surface area (Å²) in [7, 11) is -0.683. The van der Waals surface area contributed by atoms with Gasteiger partial charge >= 0.3 is 0 Å². The van der Waals surface area contributed by atoms with Crippen molar-refractivity contribution < 1.29 is 33.1 Å². The molecule has 0 saturated heterocycles. The number of halogens is 2. The van der Waals surface area contributed by atoms with Gasteiger partial charge in [0.2, 0.25) is 5.91 Å². The second kappa shape index (κ2) is 21.5. The molecule has 0 bridgehead atoms. The van der Waals surface area contributed by atoms with Crippen molar-refractivity contribution in [3.8, 4) is 34.4 Å². The van der Waals surface area contributed by atoms with E-state index in [1.54, 1.807) is 16.4 Å². The number of amides is 1. The second-order valence-electron chi connectivity index (χ2n) is 14.2. The van der Waals surface area contributed by atoms with Crippen LogP contribution in [0.25, 0.3) is 11.1 Å². The Morgan fingerprint density at radius 3 is 2.24 bits per heavy atom. The van der Waals surface area contributed by atoms with Gasteiger partial charge in [-0.1, -0.05) is 77.8 Å². The van der Waals surface area contributed by atoms with Gasteiger partial charge in [0.15, 0.2) is 22.6 Å². The van der Waals surface area contributed by atoms with Gasteiger partial charge in [-0.2, -0.15) is 5.26 Å². The van der Waals surface area contributed by atoms with Crippen LogP contribution in [0.15, 0.2) is 108 Å². The molecular weight excluding hydrogens is 868 g/mol. The molecule has 3 unspecified atom stereocenters. The van der Waals surface area contributed by atoms with Gasteiger partial charge in [0, 0.05) is 25.1 Å². The fourth-order valence-electron chi connectivity index (χ4n) is 7.10. The average molecular weight is 912 g/mol. The van der Waals surface area contributed by atoms with E-state index in [9.17, 15) is 9.00 Å². The number of aliphatic hydroxyl groups is 1. The molecule has 15 heteroatoms. The van der Waals surface area contributed by atoms with Crippen molar-refractivity contribution in [2.45, 2.75) is 57.0 Å². The lowest BCUT2D eigenvalue weighted by Crippen LogP contribution is -2.51. The van der Waals surface area contributed by atoms with E-state index in [2.05, 4.69) is 16.4 Å². The van der Waals surface area contributed by atoms with Crippen LogP contribution in [0.4, 0.5) is 0 Å². The quantitative estimate of drug-likeness (QED) is 0.130. The van der Waals surface area contributed by atoms with Gasteiger partial charge in [0.1, 0.15) is 42.8 Å². The highest BCUT2D eigenvalue weighted by Crippen LogP contribution is 2.41. The summed E-state index contributed by atoms with van der Waals surface area (Å²) in [6.45, 7) is 7.14. The molecule has 1 amide bonds. The first-order valence-corrected chi connectivity index (χ1v) is 22.1. The number of hydrogen-bond acceptors (Lipinski definition) is 10. The molecule has 0 radical (unpaired) electrons. The lowest BCUT2D eigenvalue weighted by Gasteiger charge is -2.36. The number of fused-ring (bicyclic) bond motifs is 2. The summed E-state index contributed by atoms with van der Waals surface area (Å²) in [5, 5.41) is 21.5. The monoisotopic (exact) mass is 910 g/mol. The number of benzene rings is 5. The molecule has 2 N–H and O–H groups in total. The zero-order valence-corrected chi connectivity index (χ0v) is 37.4. The second-order valence-corrected chi connectivity index (χ2v) is 17.7. The molecule has 1 aromatic heterocycles. The number of rotatable bonds is 11. The third-order valence-electron chi connectivity index (χ3n) is 10.2. The lowest BCUT2D eigenvalue weighted by molar-refractivity contribution is -0.125. The average Bonchev–Trinajstić information content (AvgIpc) is 3.66. The van der Waals surface area contributed by atoms with Crippen LogP contribution in [0.5, 0.6) is 17.2 Å². The molecule has 8 rings (SSSR count). The summed E-state index contributed by atoms with van der Waals surface area (Å²) < 4.78 is 34.7. The van der Waals surface area contributed by atoms with E-state index < -0.39 is 17.0 Å². The number of aromatic nitrogens is 1. The van der Waals surface area contributed by atoms with Gasteiger partial charge in [-0.25, -0.2) is 13.5 Å². The molecule has 3 atom stereocenters. The minimum Gasteiger partial charge on any atom is -0.489 e. The molecule has 5 aromatic carbocycles. The number of ether oxygens (including phenoxy) is 3. The molecule has 2 aliphatic heterocycles. The first kappa shape index (κ1) is 45.9. The van der Waals surface area contributed by atoms with E-state index >= 15 is 0 Å². The highest BCUT2D eigenvalue weighted by Gasteiger charge is 2.38. The number of aliphatic hydroxyl groups excluding tert-OH is 1. The molecule has 0 aliphatic carbocycles. The standard InChI is InChI=1S/C45H38Cl2N4O5S2.CH4O.CH2O/c1-27-45(50-28(2)57-27)58(53)51-24-36-22-42-41(55-26-43(56-42)34-12-14-37(15-13-34)54-25-31-7-16-38(46)39(47)19-31)21-35(36)20-40(51)44(52)49-18-17-29-3-8-32(9-4-29)33-10-5-30(23-48)6-11-33;2*1-2/h3-16,19,21-22,40,43H,17-18,20,24-26H2,1-2H3,(H,49,52);2H,1H3;1H2. The molecule has 62 heavy (non-hydrogen) atoms. The van der Waals surface area contributed by atoms with E-state index in [1.165, 1.54) is 11.3 Å². The van der Waals surface area contributed by atoms with Crippen molar-refractivity contribution in [1.82, 2.24) is 14.6 Å². The summed E-state index contributed by atoms with van der Waals surface area (Å²) in [5.41, 5.74) is 7.48. The summed E-state index contributed by atoms with van der Waals surface area (Å²) in [6.07, 6.45) is 0.623. The molecule has 0 saturated carbocycles. The maximum Gasteiger partial charge on any atom is 0.238 e. The molecule has 0 spiro atoms. The predicted molar refractivity (Wildman–Crippen MR) is 242 cm³/mol. The van der Waals surface area contributed by atoms with Crippen LogP contribution >= 0.6 is 34.5 Å². The van der Waals surface area contributed by atoms with Crippen LogP contribution in [-0.2, 0) is 46.6 Å². The third kappa shape index (κ3) is 10.9. The summed E-state index contributed by atoms with van der Waals surface area (Å²) in [6, 6.07) is 34.2. The van der Waals surface area contributed by atoms with Gasteiger partial charge in [-0.3, -0.25) is 4.79 Å². The van der Waals surface area contributed by atoms with Crippen molar-refractivity contribution in [2.75, 3.05) is 20.3 Å². The topological polar surface area (TPSA) is 151 Å². The van der Waals surface area contributed by atoms with Crippen molar-refractivity contribution in [2.24, 2.45) is 0 Å². The van der Waals surface area contributed by atoms with Gasteiger partial charge in [0.25, 0.3) is 0 Å². The molecule has 320 valence electrons. The third-order valence-corrected chi connectivity index (χ3v) is 13.5. The molecule has 3 heterocycles. The minimum absolute atomic E-state index is 0.197. The maximum absolute atomic E-state index is 14.3. The van der Waals surface area contributed by atoms with E-state index in [0.29, 0.717) is 70.5 Å². The molecule has 2 aliphatic rings. The Kier molecular flexibility index (Phi) is 15.9. The van der Waals surface area contributed by atoms with Crippen molar-refractivity contribution in [1.29, 1.82) is 5.26 Å². The molecular formula is C47H44Cl2N4O7S2. The van der Waals surface area contributed by atoms with Crippen LogP contribution in [0.1, 0.15) is 49.4 Å². The largest absolute Gasteiger partial charge is 0.489 e. The van der Waals surface area contributed by atoms with Gasteiger partial charge in [0.05, 0.1) is 26.7 Å². The Bertz CT molecular complexity index is 2560. The lowest BCUT2D eigenvalue weighted by atomic mass is 9.94. The predicted octanol–water partition coefficient (Wildman–Crippen LogP) is 8.93. The molecule has 0 fully saturated rings. The first-order valence-electron chi connectivity index (χ1n) is 19.5. The number of thiazole rings is 1. The summed E-state index contributed by atoms with van der Waals surface area (Å²) in [4.78, 5) is 27.4. The molecule has 11 nitrogen and oxygen atoms in total. The van der Waals surface area contributed by atoms with Crippen molar-refractivity contribution in [3.63, 3.8) is 0 Å². The Morgan fingerprint density at radius 2 is 1.60 bits per heavy atom. The highest BCUT2D eigenvalue weighted by atomic mass is 35.5. The van der Waals surface area contributed by atoms with Crippen LogP contribution in [-0.4, -0.2) is 57.6 Å². The van der Waals surface area contributed by atoms with Crippen LogP contribution in [0.2, 0.25) is 10.0 Å². The molecule has 6 aromatic rings. The Morgan fingerprint density at radius 1 is 0.935 bits per heavy atom. The fraction of sp³-hybridized carbons (Fsp3) is 0.234. The van der Waals surface area contributed by atoms with Crippen LogP contribution in [0, 0.1) is 25.2 Å². The van der Waals surface area contributed by atoms with Crippen molar-refractivity contribution >= 4 is 58.2 Å². The van der Waals surface area contributed by atoms with Crippen LogP contribution < -0.4 is 19.5 Å². The smallest absolute Gasteiger partial charge is 0.238 e. The highest BCUT2D eigenvalue weighted by molar-refractivity contribution is 7.82. The number of hydrogen-bond donors (Lipinski definition) is 2. The Balaban J connectivity index is 0.00000156. The zero-order chi connectivity index (χ0) is 44.3. The van der Waals surface area contributed by atoms with Crippen LogP contribution in [0.3, 0.4) is 0 Å². The van der Waals surface area contributed by atoms with Gasteiger partial charge in [-0.05, 0) is 114 Å². The summed E-state index contributed by atoms with van der Waals surface area (Å²) >= 11 is 13.7. The Labute approximate surface area is 377 Å². The number of aryl methyl sites for hydroxylation is 2. The van der Waals surface area contributed by atoms with Crippen molar-refractivity contribution in [3.05, 3.63) is 156 Å². The van der Waals surface area contributed by atoms with Gasteiger partial charge in [-0.15, -0.1) is 11.3 Å². The van der Waals surface area contributed by atoms with E-state index in [-0.39, 0.29) is 18.6 Å². The minimum atomic E-state index is -1.68. The Hall–Kier alpha value is -5.59. The summed E-state index contributed by atoms with van der Waals surface area (Å²) in [5.74, 6) is 1.71. The van der Waals surface area contributed by atoms with E-state index in [1.807, 2.05) is 112 Å². The normalized spacial score (nSPS) is 15.6. The van der Waals surface area contributed by atoms with E-state index in [4.69, 9.17) is 52.6 Å². The van der Waals surface area contributed by atoms with Gasteiger partial charge < -0.3 is 29.4 Å². The zero-order valence-electron chi connectivity index (χ0n) is 34.2. The number of nitrogens with one attached hydrogen (secondary N) is 1. The SMILES string of the molecule is C=O.CO.Cc1nc(S(=O)N2Cc3cc4c(cc3CC2C(=O)NCCc2ccc(-c3ccc(C#N)cc3)cc2)OCC(c2ccc(OCc3ccc(Cl)c(Cl)c3)cc2)O4)c(C)s1. The first-order chi connectivity index (χ1) is 30.1. The number of carbonyl (C=O) groups is 2. The maximum atomic E-state index is 14.3. The fourth-order valence-corrected chi connectivity index (χ4v) is 9.87. The van der Waals surface area contributed by atoms with E-state index in [0.717, 1.165) is 55.9 Å². The number of carbonyl (C=O) groups excluding carboxylic acids is 2. The number of nitriles is 1.